The summed E-state index contributed by atoms with van der Waals surface area (Å²) in [5.41, 5.74) is 6.34. The summed E-state index contributed by atoms with van der Waals surface area (Å²) >= 11 is 3.32. The minimum atomic E-state index is -0.243. The van der Waals surface area contributed by atoms with Crippen molar-refractivity contribution in [3.8, 4) is 0 Å². The van der Waals surface area contributed by atoms with Gasteiger partial charge in [-0.25, -0.2) is 4.39 Å². The predicted molar refractivity (Wildman–Crippen MR) is 56.8 cm³/mol. The average Bonchev–Trinajstić information content (AvgIpc) is 2.06. The third kappa shape index (κ3) is 3.28. The Labute approximate surface area is 85.6 Å². The quantitative estimate of drug-likeness (QED) is 0.850. The number of halogens is 2. The van der Waals surface area contributed by atoms with E-state index in [0.29, 0.717) is 0 Å². The van der Waals surface area contributed by atoms with Crippen LogP contribution in [0.3, 0.4) is 0 Å². The van der Waals surface area contributed by atoms with Gasteiger partial charge < -0.3 is 5.73 Å². The lowest BCUT2D eigenvalue weighted by molar-refractivity contribution is 0.627. The minimum Gasteiger partial charge on any atom is -0.325 e. The average molecular weight is 244 g/mol. The first-order valence-electron chi connectivity index (χ1n) is 3.98. The van der Waals surface area contributed by atoms with Gasteiger partial charge in [-0.2, -0.15) is 0 Å². The van der Waals surface area contributed by atoms with Crippen LogP contribution in [0.5, 0.6) is 0 Å². The maximum Gasteiger partial charge on any atom is 0.123 e. The molecule has 0 saturated carbocycles. The first kappa shape index (κ1) is 10.4. The van der Waals surface area contributed by atoms with E-state index in [9.17, 15) is 4.39 Å². The maximum atomic E-state index is 12.8. The lowest BCUT2D eigenvalue weighted by Gasteiger charge is -1.99. The van der Waals surface area contributed by atoms with Crippen molar-refractivity contribution in [3.05, 3.63) is 40.1 Å². The molecule has 0 aliphatic carbocycles. The highest BCUT2D eigenvalue weighted by molar-refractivity contribution is 9.10. The standard InChI is InChI=1S/C10H11BrFN/c1-7(13)2-3-8-6-9(12)4-5-10(8)11/h2-7H,13H2,1H3/b3-2+. The molecular weight excluding hydrogens is 233 g/mol. The van der Waals surface area contributed by atoms with E-state index in [2.05, 4.69) is 15.9 Å². The molecule has 0 aliphatic heterocycles. The molecule has 70 valence electrons. The number of nitrogens with two attached hydrogens (primary N) is 1. The molecule has 0 aromatic heterocycles. The first-order chi connectivity index (χ1) is 6.09. The molecule has 1 atom stereocenters. The van der Waals surface area contributed by atoms with Crippen LogP contribution in [-0.4, -0.2) is 6.04 Å². The van der Waals surface area contributed by atoms with Gasteiger partial charge in [0.2, 0.25) is 0 Å². The van der Waals surface area contributed by atoms with E-state index in [1.54, 1.807) is 12.1 Å². The molecule has 1 nitrogen and oxygen atoms in total. The molecule has 1 rings (SSSR count). The number of benzene rings is 1. The van der Waals surface area contributed by atoms with Gasteiger partial charge in [0.1, 0.15) is 5.82 Å². The highest BCUT2D eigenvalue weighted by Crippen LogP contribution is 2.19. The summed E-state index contributed by atoms with van der Waals surface area (Å²) < 4.78 is 13.7. The van der Waals surface area contributed by atoms with Crippen molar-refractivity contribution in [3.63, 3.8) is 0 Å². The van der Waals surface area contributed by atoms with Crippen LogP contribution in [0.15, 0.2) is 28.7 Å². The monoisotopic (exact) mass is 243 g/mol. The summed E-state index contributed by atoms with van der Waals surface area (Å²) in [4.78, 5) is 0. The molecule has 13 heavy (non-hydrogen) atoms. The molecule has 1 unspecified atom stereocenters. The number of hydrogen-bond donors (Lipinski definition) is 1. The molecular formula is C10H11BrFN. The zero-order chi connectivity index (χ0) is 9.84. The van der Waals surface area contributed by atoms with Crippen molar-refractivity contribution < 1.29 is 4.39 Å². The molecule has 0 spiro atoms. The Bertz CT molecular complexity index is 321. The van der Waals surface area contributed by atoms with E-state index < -0.39 is 0 Å². The van der Waals surface area contributed by atoms with Crippen LogP contribution in [0.1, 0.15) is 12.5 Å². The molecule has 0 amide bonds. The van der Waals surface area contributed by atoms with E-state index in [1.165, 1.54) is 12.1 Å². The lowest BCUT2D eigenvalue weighted by atomic mass is 10.2. The fourth-order valence-corrected chi connectivity index (χ4v) is 1.28. The maximum absolute atomic E-state index is 12.8. The fourth-order valence-electron chi connectivity index (χ4n) is 0.898. The smallest absolute Gasteiger partial charge is 0.123 e. The summed E-state index contributed by atoms with van der Waals surface area (Å²) in [6.07, 6.45) is 3.62. The van der Waals surface area contributed by atoms with Gasteiger partial charge in [0.25, 0.3) is 0 Å². The van der Waals surface area contributed by atoms with E-state index in [0.717, 1.165) is 10.0 Å². The normalized spacial score (nSPS) is 13.5. The van der Waals surface area contributed by atoms with Crippen molar-refractivity contribution in [2.75, 3.05) is 0 Å². The Hall–Kier alpha value is -0.670. The zero-order valence-corrected chi connectivity index (χ0v) is 8.88. The van der Waals surface area contributed by atoms with Crippen LogP contribution in [-0.2, 0) is 0 Å². The highest BCUT2D eigenvalue weighted by Gasteiger charge is 1.97. The van der Waals surface area contributed by atoms with E-state index in [-0.39, 0.29) is 11.9 Å². The Morgan fingerprint density at radius 2 is 2.23 bits per heavy atom. The van der Waals surface area contributed by atoms with Crippen LogP contribution in [0.4, 0.5) is 4.39 Å². The van der Waals surface area contributed by atoms with Gasteiger partial charge in [0, 0.05) is 10.5 Å². The van der Waals surface area contributed by atoms with Crippen molar-refractivity contribution in [1.29, 1.82) is 0 Å². The lowest BCUT2D eigenvalue weighted by Crippen LogP contribution is -2.09. The van der Waals surface area contributed by atoms with Crippen molar-refractivity contribution in [2.45, 2.75) is 13.0 Å². The predicted octanol–water partition coefficient (Wildman–Crippen LogP) is 2.95. The van der Waals surface area contributed by atoms with Crippen molar-refractivity contribution >= 4 is 22.0 Å². The molecule has 0 bridgehead atoms. The second-order valence-corrected chi connectivity index (χ2v) is 3.74. The molecule has 1 aromatic rings. The summed E-state index contributed by atoms with van der Waals surface area (Å²) in [6.45, 7) is 1.86. The van der Waals surface area contributed by atoms with Crippen molar-refractivity contribution in [2.24, 2.45) is 5.73 Å². The summed E-state index contributed by atoms with van der Waals surface area (Å²) in [5.74, 6) is -0.243. The molecule has 0 saturated heterocycles. The Kier molecular flexibility index (Phi) is 3.63. The van der Waals surface area contributed by atoms with Gasteiger partial charge in [0.15, 0.2) is 0 Å². The fraction of sp³-hybridized carbons (Fsp3) is 0.200. The largest absolute Gasteiger partial charge is 0.325 e. The number of hydrogen-bond acceptors (Lipinski definition) is 1. The molecule has 3 heteroatoms. The number of rotatable bonds is 2. The summed E-state index contributed by atoms with van der Waals surface area (Å²) in [6, 6.07) is 4.53. The van der Waals surface area contributed by atoms with Crippen LogP contribution in [0.2, 0.25) is 0 Å². The van der Waals surface area contributed by atoms with Crippen LogP contribution in [0, 0.1) is 5.82 Å². The van der Waals surface area contributed by atoms with E-state index in [4.69, 9.17) is 5.73 Å². The Morgan fingerprint density at radius 3 is 2.85 bits per heavy atom. The minimum absolute atomic E-state index is 0.0184. The van der Waals surface area contributed by atoms with E-state index >= 15 is 0 Å². The topological polar surface area (TPSA) is 26.0 Å². The second kappa shape index (κ2) is 4.53. The van der Waals surface area contributed by atoms with Crippen LogP contribution < -0.4 is 5.73 Å². The van der Waals surface area contributed by atoms with Gasteiger partial charge >= 0.3 is 0 Å². The summed E-state index contributed by atoms with van der Waals surface area (Å²) in [5, 5.41) is 0. The summed E-state index contributed by atoms with van der Waals surface area (Å²) in [7, 11) is 0. The third-order valence-electron chi connectivity index (χ3n) is 1.54. The van der Waals surface area contributed by atoms with Gasteiger partial charge in [-0.3, -0.25) is 0 Å². The van der Waals surface area contributed by atoms with Gasteiger partial charge in [-0.15, -0.1) is 0 Å². The molecule has 1 aromatic carbocycles. The molecule has 0 aliphatic rings. The van der Waals surface area contributed by atoms with Crippen LogP contribution in [0.25, 0.3) is 6.08 Å². The second-order valence-electron chi connectivity index (χ2n) is 2.88. The third-order valence-corrected chi connectivity index (χ3v) is 2.26. The van der Waals surface area contributed by atoms with Crippen molar-refractivity contribution in [1.82, 2.24) is 0 Å². The van der Waals surface area contributed by atoms with Gasteiger partial charge in [-0.05, 0) is 30.7 Å². The first-order valence-corrected chi connectivity index (χ1v) is 4.78. The molecule has 0 fully saturated rings. The molecule has 0 radical (unpaired) electrons. The van der Waals surface area contributed by atoms with E-state index in [1.807, 2.05) is 13.0 Å². The van der Waals surface area contributed by atoms with Crippen LogP contribution >= 0.6 is 15.9 Å². The Balaban J connectivity index is 2.93. The molecule has 0 heterocycles. The zero-order valence-electron chi connectivity index (χ0n) is 7.30. The van der Waals surface area contributed by atoms with Gasteiger partial charge in [0.05, 0.1) is 0 Å². The SMILES string of the molecule is CC(N)/C=C/c1cc(F)ccc1Br. The highest BCUT2D eigenvalue weighted by atomic mass is 79.9. The Morgan fingerprint density at radius 1 is 1.54 bits per heavy atom. The van der Waals surface area contributed by atoms with Gasteiger partial charge in [-0.1, -0.05) is 28.1 Å². The molecule has 2 N–H and O–H groups in total.